The average Bonchev–Trinajstić information content (AvgIpc) is 2.37. The SMILES string of the molecule is CC(C)CCNCCC(C)C.CC(C)CCOCCC(C)C. The summed E-state index contributed by atoms with van der Waals surface area (Å²) in [6.07, 6.45) is 4.99. The highest BCUT2D eigenvalue weighted by Crippen LogP contribution is 2.02. The summed E-state index contributed by atoms with van der Waals surface area (Å²) in [6.45, 7) is 22.2. The van der Waals surface area contributed by atoms with E-state index in [2.05, 4.69) is 60.7 Å². The molecule has 0 atom stereocenters. The molecule has 0 saturated heterocycles. The molecule has 0 radical (unpaired) electrons. The van der Waals surface area contributed by atoms with E-state index < -0.39 is 0 Å². The Labute approximate surface area is 141 Å². The molecule has 0 rings (SSSR count). The molecule has 0 aliphatic heterocycles. The quantitative estimate of drug-likeness (QED) is 0.462. The van der Waals surface area contributed by atoms with Crippen molar-refractivity contribution < 1.29 is 4.74 Å². The van der Waals surface area contributed by atoms with Crippen molar-refractivity contribution in [3.05, 3.63) is 0 Å². The maximum atomic E-state index is 5.46. The second kappa shape index (κ2) is 17.3. The maximum Gasteiger partial charge on any atom is 0.0468 e. The molecule has 0 aromatic carbocycles. The van der Waals surface area contributed by atoms with Gasteiger partial charge in [-0.05, 0) is 62.4 Å². The van der Waals surface area contributed by atoms with Crippen LogP contribution in [0.2, 0.25) is 0 Å². The van der Waals surface area contributed by atoms with Gasteiger partial charge in [0.25, 0.3) is 0 Å². The van der Waals surface area contributed by atoms with Gasteiger partial charge < -0.3 is 10.1 Å². The molecule has 0 spiro atoms. The topological polar surface area (TPSA) is 21.3 Å². The van der Waals surface area contributed by atoms with Gasteiger partial charge in [-0.1, -0.05) is 55.4 Å². The van der Waals surface area contributed by atoms with Crippen molar-refractivity contribution in [1.82, 2.24) is 5.32 Å². The summed E-state index contributed by atoms with van der Waals surface area (Å²) < 4.78 is 5.46. The lowest BCUT2D eigenvalue weighted by molar-refractivity contribution is 0.114. The lowest BCUT2D eigenvalue weighted by Crippen LogP contribution is -2.19. The van der Waals surface area contributed by atoms with E-state index in [1.54, 1.807) is 0 Å². The van der Waals surface area contributed by atoms with E-state index >= 15 is 0 Å². The molecule has 0 saturated carbocycles. The van der Waals surface area contributed by atoms with Crippen molar-refractivity contribution >= 4 is 0 Å². The molecular weight excluding hydrogens is 270 g/mol. The number of rotatable bonds is 12. The third-order valence-electron chi connectivity index (χ3n) is 3.48. The second-order valence-corrected chi connectivity index (χ2v) is 8.09. The highest BCUT2D eigenvalue weighted by Gasteiger charge is 1.96. The fourth-order valence-electron chi connectivity index (χ4n) is 1.65. The molecule has 2 heteroatoms. The summed E-state index contributed by atoms with van der Waals surface area (Å²) in [5.41, 5.74) is 0. The van der Waals surface area contributed by atoms with Gasteiger partial charge in [0.2, 0.25) is 0 Å². The first-order valence-electron chi connectivity index (χ1n) is 9.54. The minimum atomic E-state index is 0.772. The lowest BCUT2D eigenvalue weighted by atomic mass is 10.1. The number of hydrogen-bond donors (Lipinski definition) is 1. The van der Waals surface area contributed by atoms with Gasteiger partial charge in [-0.3, -0.25) is 0 Å². The minimum Gasteiger partial charge on any atom is -0.381 e. The zero-order valence-corrected chi connectivity index (χ0v) is 16.9. The van der Waals surface area contributed by atoms with Crippen LogP contribution in [0.4, 0.5) is 0 Å². The fraction of sp³-hybridized carbons (Fsp3) is 1.00. The van der Waals surface area contributed by atoms with Crippen LogP contribution in [-0.2, 0) is 4.74 Å². The van der Waals surface area contributed by atoms with Gasteiger partial charge in [0.05, 0.1) is 0 Å². The third-order valence-corrected chi connectivity index (χ3v) is 3.48. The van der Waals surface area contributed by atoms with E-state index in [0.29, 0.717) is 0 Å². The number of ether oxygens (including phenoxy) is 1. The molecule has 0 fully saturated rings. The van der Waals surface area contributed by atoms with Gasteiger partial charge in [-0.2, -0.15) is 0 Å². The molecule has 1 N–H and O–H groups in total. The Morgan fingerprint density at radius 3 is 1.14 bits per heavy atom. The molecule has 2 nitrogen and oxygen atoms in total. The molecule has 0 aliphatic carbocycles. The Kier molecular flexibility index (Phi) is 19.0. The predicted octanol–water partition coefficient (Wildman–Crippen LogP) is 5.76. The summed E-state index contributed by atoms with van der Waals surface area (Å²) in [5.74, 6) is 3.21. The van der Waals surface area contributed by atoms with Gasteiger partial charge >= 0.3 is 0 Å². The van der Waals surface area contributed by atoms with Crippen molar-refractivity contribution in [3.8, 4) is 0 Å². The summed E-state index contributed by atoms with van der Waals surface area (Å²) in [7, 11) is 0. The van der Waals surface area contributed by atoms with Crippen LogP contribution in [0.25, 0.3) is 0 Å². The molecule has 22 heavy (non-hydrogen) atoms. The smallest absolute Gasteiger partial charge is 0.0468 e. The van der Waals surface area contributed by atoms with Crippen molar-refractivity contribution in [3.63, 3.8) is 0 Å². The van der Waals surface area contributed by atoms with Gasteiger partial charge in [-0.25, -0.2) is 0 Å². The predicted molar refractivity (Wildman–Crippen MR) is 102 cm³/mol. The Morgan fingerprint density at radius 1 is 0.545 bits per heavy atom. The van der Waals surface area contributed by atoms with E-state index in [4.69, 9.17) is 4.74 Å². The average molecular weight is 316 g/mol. The van der Waals surface area contributed by atoms with Gasteiger partial charge in [-0.15, -0.1) is 0 Å². The maximum absolute atomic E-state index is 5.46. The number of nitrogens with one attached hydrogen (secondary N) is 1. The first kappa shape index (κ1) is 24.2. The van der Waals surface area contributed by atoms with Crippen LogP contribution in [0.5, 0.6) is 0 Å². The van der Waals surface area contributed by atoms with Crippen LogP contribution in [0, 0.1) is 23.7 Å². The molecule has 136 valence electrons. The molecule has 0 amide bonds. The molecule has 0 aromatic rings. The van der Waals surface area contributed by atoms with Crippen LogP contribution < -0.4 is 5.32 Å². The number of hydrogen-bond acceptors (Lipinski definition) is 2. The van der Waals surface area contributed by atoms with Crippen LogP contribution in [-0.4, -0.2) is 26.3 Å². The fourth-order valence-corrected chi connectivity index (χ4v) is 1.65. The van der Waals surface area contributed by atoms with Crippen molar-refractivity contribution in [2.24, 2.45) is 23.7 Å². The van der Waals surface area contributed by atoms with Crippen LogP contribution in [0.3, 0.4) is 0 Å². The molecular formula is C20H45NO. The Balaban J connectivity index is 0. The van der Waals surface area contributed by atoms with E-state index in [1.807, 2.05) is 0 Å². The van der Waals surface area contributed by atoms with E-state index in [-0.39, 0.29) is 0 Å². The summed E-state index contributed by atoms with van der Waals surface area (Å²) in [4.78, 5) is 0. The first-order valence-corrected chi connectivity index (χ1v) is 9.54. The van der Waals surface area contributed by atoms with E-state index in [1.165, 1.54) is 38.8 Å². The summed E-state index contributed by atoms with van der Waals surface area (Å²) in [5, 5.41) is 3.45. The van der Waals surface area contributed by atoms with E-state index in [9.17, 15) is 0 Å². The molecule has 0 bridgehead atoms. The largest absolute Gasteiger partial charge is 0.381 e. The standard InChI is InChI=1S/C10H23N.C10H22O/c2*1-9(2)5-7-11-8-6-10(3)4/h9-11H,5-8H2,1-4H3;9-10H,5-8H2,1-4H3. The lowest BCUT2D eigenvalue weighted by Gasteiger charge is -2.07. The normalized spacial score (nSPS) is 11.5. The third kappa shape index (κ3) is 28.1. The minimum absolute atomic E-state index is 0.772. The van der Waals surface area contributed by atoms with E-state index in [0.717, 1.165) is 36.9 Å². The molecule has 0 heterocycles. The van der Waals surface area contributed by atoms with Crippen molar-refractivity contribution in [2.75, 3.05) is 26.3 Å². The Morgan fingerprint density at radius 2 is 0.864 bits per heavy atom. The van der Waals surface area contributed by atoms with Crippen LogP contribution in [0.1, 0.15) is 81.1 Å². The van der Waals surface area contributed by atoms with Crippen LogP contribution >= 0.6 is 0 Å². The van der Waals surface area contributed by atoms with Crippen molar-refractivity contribution in [1.29, 1.82) is 0 Å². The summed E-state index contributed by atoms with van der Waals surface area (Å²) >= 11 is 0. The molecule has 0 unspecified atom stereocenters. The van der Waals surface area contributed by atoms with Gasteiger partial charge in [0, 0.05) is 13.2 Å². The first-order chi connectivity index (χ1) is 10.3. The highest BCUT2D eigenvalue weighted by molar-refractivity contribution is 4.53. The zero-order chi connectivity index (χ0) is 17.4. The second-order valence-electron chi connectivity index (χ2n) is 8.09. The summed E-state index contributed by atoms with van der Waals surface area (Å²) in [6, 6.07) is 0. The monoisotopic (exact) mass is 315 g/mol. The molecule has 0 aliphatic rings. The zero-order valence-electron chi connectivity index (χ0n) is 16.9. The molecule has 0 aromatic heterocycles. The van der Waals surface area contributed by atoms with Gasteiger partial charge in [0.15, 0.2) is 0 Å². The highest BCUT2D eigenvalue weighted by atomic mass is 16.5. The Hall–Kier alpha value is -0.0800. The van der Waals surface area contributed by atoms with Crippen LogP contribution in [0.15, 0.2) is 0 Å². The Bertz CT molecular complexity index is 158. The van der Waals surface area contributed by atoms with Crippen molar-refractivity contribution in [2.45, 2.75) is 81.1 Å². The van der Waals surface area contributed by atoms with Gasteiger partial charge in [0.1, 0.15) is 0 Å².